The van der Waals surface area contributed by atoms with E-state index in [2.05, 4.69) is 32.9 Å². The van der Waals surface area contributed by atoms with E-state index < -0.39 is 5.97 Å². The number of carbonyl (C=O) groups excluding carboxylic acids is 1. The van der Waals surface area contributed by atoms with Crippen molar-refractivity contribution < 1.29 is 14.7 Å². The van der Waals surface area contributed by atoms with Crippen LogP contribution in [0, 0.1) is 17.8 Å². The maximum absolute atomic E-state index is 9.54. The summed E-state index contributed by atoms with van der Waals surface area (Å²) < 4.78 is 0. The molecular formula is C15H27NO3. The van der Waals surface area contributed by atoms with Gasteiger partial charge in [-0.05, 0) is 37.0 Å². The van der Waals surface area contributed by atoms with Gasteiger partial charge in [0.15, 0.2) is 0 Å². The maximum Gasteiger partial charge on any atom is 0.322 e. The zero-order chi connectivity index (χ0) is 14.7. The minimum atomic E-state index is -1.04. The summed E-state index contributed by atoms with van der Waals surface area (Å²) in [5.74, 6) is 1.57. The molecule has 0 aromatic rings. The highest BCUT2D eigenvalue weighted by molar-refractivity contribution is 5.71. The zero-order valence-electron chi connectivity index (χ0n) is 12.3. The zero-order valence-corrected chi connectivity index (χ0v) is 12.3. The first-order valence-corrected chi connectivity index (χ1v) is 7.02. The van der Waals surface area contributed by atoms with Crippen LogP contribution < -0.4 is 5.32 Å². The average Bonchev–Trinajstić information content (AvgIpc) is 2.32. The van der Waals surface area contributed by atoms with E-state index in [1.165, 1.54) is 25.7 Å². The highest BCUT2D eigenvalue weighted by atomic mass is 16.4. The van der Waals surface area contributed by atoms with Crippen LogP contribution in [0.3, 0.4) is 0 Å². The van der Waals surface area contributed by atoms with Crippen molar-refractivity contribution in [2.75, 3.05) is 6.54 Å². The molecule has 0 radical (unpaired) electrons. The Balaban J connectivity index is 0.000000399. The van der Waals surface area contributed by atoms with Gasteiger partial charge in [-0.1, -0.05) is 39.3 Å². The van der Waals surface area contributed by atoms with Gasteiger partial charge in [0.1, 0.15) is 6.54 Å². The van der Waals surface area contributed by atoms with Gasteiger partial charge in [0.2, 0.25) is 6.41 Å². The third-order valence-electron chi connectivity index (χ3n) is 3.40. The van der Waals surface area contributed by atoms with Crippen molar-refractivity contribution in [2.24, 2.45) is 17.8 Å². The summed E-state index contributed by atoms with van der Waals surface area (Å²) in [7, 11) is 0. The van der Waals surface area contributed by atoms with Crippen LogP contribution in [-0.2, 0) is 9.59 Å². The lowest BCUT2D eigenvalue weighted by Gasteiger charge is -2.21. The first-order valence-electron chi connectivity index (χ1n) is 7.02. The number of carboxylic acid groups (broad SMARTS) is 1. The predicted molar refractivity (Wildman–Crippen MR) is 76.8 cm³/mol. The topological polar surface area (TPSA) is 66.4 Å². The Kier molecular flexibility index (Phi) is 9.85. The Morgan fingerprint density at radius 2 is 2.11 bits per heavy atom. The lowest BCUT2D eigenvalue weighted by molar-refractivity contribution is -0.136. The Hall–Kier alpha value is -1.32. The molecule has 2 atom stereocenters. The first-order chi connectivity index (χ1) is 8.97. The minimum absolute atomic E-state index is 0.302. The molecule has 0 aromatic heterocycles. The fourth-order valence-electron chi connectivity index (χ4n) is 2.05. The third-order valence-corrected chi connectivity index (χ3v) is 3.40. The van der Waals surface area contributed by atoms with Crippen LogP contribution in [-0.4, -0.2) is 24.0 Å². The van der Waals surface area contributed by atoms with Crippen LogP contribution >= 0.6 is 0 Å². The van der Waals surface area contributed by atoms with E-state index in [4.69, 9.17) is 5.11 Å². The van der Waals surface area contributed by atoms with Gasteiger partial charge in [-0.2, -0.15) is 0 Å². The molecule has 2 unspecified atom stereocenters. The van der Waals surface area contributed by atoms with E-state index >= 15 is 0 Å². The number of hydrogen-bond donors (Lipinski definition) is 2. The number of nitrogens with one attached hydrogen (secondary N) is 1. The standard InChI is InChI=1S/C12H22.C3H5NO3/c1-10(2)12-7-5-4-6-11(3)8-9-12;5-2-4-1-3(6)7/h5,7,10-12H,4,6,8-9H2,1-3H3;2H,1H2,(H,4,5)(H,6,7)/b7-5+;. The summed E-state index contributed by atoms with van der Waals surface area (Å²) in [4.78, 5) is 18.9. The minimum Gasteiger partial charge on any atom is -0.480 e. The maximum atomic E-state index is 9.54. The summed E-state index contributed by atoms with van der Waals surface area (Å²) >= 11 is 0. The van der Waals surface area contributed by atoms with Crippen molar-refractivity contribution in [1.82, 2.24) is 5.32 Å². The largest absolute Gasteiger partial charge is 0.480 e. The monoisotopic (exact) mass is 269 g/mol. The van der Waals surface area contributed by atoms with Crippen LogP contribution in [0.2, 0.25) is 0 Å². The van der Waals surface area contributed by atoms with Gasteiger partial charge in [0.05, 0.1) is 0 Å². The fourth-order valence-corrected chi connectivity index (χ4v) is 2.05. The number of hydrogen-bond acceptors (Lipinski definition) is 2. The predicted octanol–water partition coefficient (Wildman–Crippen LogP) is 2.84. The van der Waals surface area contributed by atoms with E-state index in [1.54, 1.807) is 0 Å². The fraction of sp³-hybridized carbons (Fsp3) is 0.733. The lowest BCUT2D eigenvalue weighted by Crippen LogP contribution is -2.20. The van der Waals surface area contributed by atoms with Crippen molar-refractivity contribution in [1.29, 1.82) is 0 Å². The van der Waals surface area contributed by atoms with Crippen molar-refractivity contribution in [3.05, 3.63) is 12.2 Å². The molecule has 0 bridgehead atoms. The van der Waals surface area contributed by atoms with Crippen LogP contribution in [0.25, 0.3) is 0 Å². The molecular weight excluding hydrogens is 242 g/mol. The lowest BCUT2D eigenvalue weighted by atomic mass is 9.85. The van der Waals surface area contributed by atoms with E-state index in [9.17, 15) is 9.59 Å². The molecule has 0 aliphatic heterocycles. The SMILES string of the molecule is CC1CC/C=C/C(C(C)C)CC1.O=CNCC(=O)O. The molecule has 2 N–H and O–H groups in total. The van der Waals surface area contributed by atoms with Crippen LogP contribution in [0.5, 0.6) is 0 Å². The number of amides is 1. The number of rotatable bonds is 4. The highest BCUT2D eigenvalue weighted by Crippen LogP contribution is 2.26. The quantitative estimate of drug-likeness (QED) is 0.609. The highest BCUT2D eigenvalue weighted by Gasteiger charge is 2.13. The normalized spacial score (nSPS) is 24.4. The van der Waals surface area contributed by atoms with Gasteiger partial charge >= 0.3 is 5.97 Å². The van der Waals surface area contributed by atoms with Crippen LogP contribution in [0.1, 0.15) is 46.5 Å². The molecule has 4 nitrogen and oxygen atoms in total. The molecule has 1 aliphatic carbocycles. The summed E-state index contributed by atoms with van der Waals surface area (Å²) in [6.07, 6.45) is 10.7. The van der Waals surface area contributed by atoms with Gasteiger partial charge in [0.25, 0.3) is 0 Å². The molecule has 1 amide bonds. The van der Waals surface area contributed by atoms with Crippen molar-refractivity contribution >= 4 is 12.4 Å². The van der Waals surface area contributed by atoms with E-state index in [1.807, 2.05) is 5.32 Å². The van der Waals surface area contributed by atoms with Gasteiger partial charge in [0, 0.05) is 0 Å². The van der Waals surface area contributed by atoms with Crippen molar-refractivity contribution in [3.8, 4) is 0 Å². The number of aliphatic carboxylic acids is 1. The third kappa shape index (κ3) is 10.3. The number of carboxylic acids is 1. The van der Waals surface area contributed by atoms with Crippen molar-refractivity contribution in [2.45, 2.75) is 46.5 Å². The Labute approximate surface area is 116 Å². The van der Waals surface area contributed by atoms with Crippen molar-refractivity contribution in [3.63, 3.8) is 0 Å². The Morgan fingerprint density at radius 3 is 2.58 bits per heavy atom. The summed E-state index contributed by atoms with van der Waals surface area (Å²) in [5, 5.41) is 9.79. The van der Waals surface area contributed by atoms with Gasteiger partial charge in [-0.25, -0.2) is 0 Å². The van der Waals surface area contributed by atoms with Crippen LogP contribution in [0.4, 0.5) is 0 Å². The molecule has 19 heavy (non-hydrogen) atoms. The molecule has 1 rings (SSSR count). The molecule has 0 heterocycles. The van der Waals surface area contributed by atoms with E-state index in [-0.39, 0.29) is 6.54 Å². The van der Waals surface area contributed by atoms with E-state index in [0.717, 1.165) is 17.8 Å². The number of allylic oxidation sites excluding steroid dienone is 2. The molecule has 0 aromatic carbocycles. The van der Waals surface area contributed by atoms with Gasteiger partial charge < -0.3 is 10.4 Å². The molecule has 4 heteroatoms. The second kappa shape index (κ2) is 10.6. The molecule has 1 aliphatic rings. The van der Waals surface area contributed by atoms with Gasteiger partial charge in [-0.3, -0.25) is 9.59 Å². The molecule has 0 saturated heterocycles. The first kappa shape index (κ1) is 17.7. The summed E-state index contributed by atoms with van der Waals surface area (Å²) in [6, 6.07) is 0. The Bertz CT molecular complexity index is 287. The van der Waals surface area contributed by atoms with Gasteiger partial charge in [-0.15, -0.1) is 0 Å². The molecule has 0 saturated carbocycles. The second-order valence-electron chi connectivity index (χ2n) is 5.49. The van der Waals surface area contributed by atoms with Crippen LogP contribution in [0.15, 0.2) is 12.2 Å². The Morgan fingerprint density at radius 1 is 1.42 bits per heavy atom. The summed E-state index contributed by atoms with van der Waals surface area (Å²) in [6.45, 7) is 6.75. The average molecular weight is 269 g/mol. The molecule has 0 spiro atoms. The molecule has 0 fully saturated rings. The second-order valence-corrected chi connectivity index (χ2v) is 5.49. The summed E-state index contributed by atoms with van der Waals surface area (Å²) in [5.41, 5.74) is 0. The number of carbonyl (C=O) groups is 2. The molecule has 110 valence electrons. The van der Waals surface area contributed by atoms with E-state index in [0.29, 0.717) is 6.41 Å². The smallest absolute Gasteiger partial charge is 0.322 e.